The maximum absolute atomic E-state index is 11.6. The lowest BCUT2D eigenvalue weighted by molar-refractivity contribution is -0.118. The Hall–Kier alpha value is -1.75. The zero-order valence-electron chi connectivity index (χ0n) is 10.9. The molecule has 0 saturated heterocycles. The zero-order chi connectivity index (χ0) is 13.5. The lowest BCUT2D eigenvalue weighted by Crippen LogP contribution is -2.17. The van der Waals surface area contributed by atoms with Gasteiger partial charge in [0, 0.05) is 17.7 Å². The number of hydrogen-bond acceptors (Lipinski definition) is 4. The van der Waals surface area contributed by atoms with Crippen molar-refractivity contribution >= 4 is 11.6 Å². The quantitative estimate of drug-likeness (QED) is 0.809. The van der Waals surface area contributed by atoms with Crippen LogP contribution in [-0.2, 0) is 4.79 Å². The van der Waals surface area contributed by atoms with Crippen LogP contribution >= 0.6 is 0 Å². The number of aliphatic hydroxyl groups is 1. The van der Waals surface area contributed by atoms with Gasteiger partial charge in [-0.1, -0.05) is 13.8 Å². The fraction of sp³-hybridized carbons (Fsp3) is 0.462. The van der Waals surface area contributed by atoms with Crippen LogP contribution in [0.15, 0.2) is 18.2 Å². The summed E-state index contributed by atoms with van der Waals surface area (Å²) in [5.41, 5.74) is 0.641. The molecule has 100 valence electrons. The van der Waals surface area contributed by atoms with Crippen molar-refractivity contribution in [2.75, 3.05) is 25.6 Å². The van der Waals surface area contributed by atoms with Crippen LogP contribution in [0.25, 0.3) is 0 Å². The van der Waals surface area contributed by atoms with Crippen LogP contribution in [0.5, 0.6) is 11.5 Å². The van der Waals surface area contributed by atoms with E-state index in [2.05, 4.69) is 5.32 Å². The minimum absolute atomic E-state index is 0.0618. The van der Waals surface area contributed by atoms with Crippen molar-refractivity contribution < 1.29 is 19.4 Å². The second-order valence-electron chi connectivity index (χ2n) is 4.08. The van der Waals surface area contributed by atoms with Gasteiger partial charge in [-0.15, -0.1) is 0 Å². The van der Waals surface area contributed by atoms with Gasteiger partial charge in [0.1, 0.15) is 6.61 Å². The van der Waals surface area contributed by atoms with E-state index in [1.165, 1.54) is 7.11 Å². The molecule has 5 nitrogen and oxygen atoms in total. The van der Waals surface area contributed by atoms with Crippen LogP contribution in [-0.4, -0.2) is 31.3 Å². The SMILES string of the molecule is COc1ccc(NC(=O)C(C)C)cc1OCCO. The molecule has 0 aliphatic heterocycles. The molecule has 0 saturated carbocycles. The summed E-state index contributed by atoms with van der Waals surface area (Å²) >= 11 is 0. The number of methoxy groups -OCH3 is 1. The first kappa shape index (κ1) is 14.3. The van der Waals surface area contributed by atoms with Crippen LogP contribution in [0.2, 0.25) is 0 Å². The van der Waals surface area contributed by atoms with Gasteiger partial charge >= 0.3 is 0 Å². The number of carbonyl (C=O) groups excluding carboxylic acids is 1. The van der Waals surface area contributed by atoms with Gasteiger partial charge < -0.3 is 19.9 Å². The maximum Gasteiger partial charge on any atom is 0.226 e. The second kappa shape index (κ2) is 6.86. The van der Waals surface area contributed by atoms with Gasteiger partial charge in [0.05, 0.1) is 13.7 Å². The molecule has 0 atom stereocenters. The molecule has 0 radical (unpaired) electrons. The minimum Gasteiger partial charge on any atom is -0.493 e. The number of anilines is 1. The van der Waals surface area contributed by atoms with E-state index >= 15 is 0 Å². The maximum atomic E-state index is 11.6. The van der Waals surface area contributed by atoms with Gasteiger partial charge in [-0.2, -0.15) is 0 Å². The number of amides is 1. The molecule has 5 heteroatoms. The van der Waals surface area contributed by atoms with E-state index in [9.17, 15) is 4.79 Å². The van der Waals surface area contributed by atoms with Gasteiger partial charge in [0.25, 0.3) is 0 Å². The average Bonchev–Trinajstić information content (AvgIpc) is 2.36. The van der Waals surface area contributed by atoms with Gasteiger partial charge in [-0.3, -0.25) is 4.79 Å². The molecule has 0 aromatic heterocycles. The molecule has 0 bridgehead atoms. The predicted octanol–water partition coefficient (Wildman–Crippen LogP) is 1.66. The van der Waals surface area contributed by atoms with E-state index in [0.29, 0.717) is 17.2 Å². The number of benzene rings is 1. The van der Waals surface area contributed by atoms with Crippen molar-refractivity contribution in [2.45, 2.75) is 13.8 Å². The third-order valence-electron chi connectivity index (χ3n) is 2.30. The molecule has 1 amide bonds. The van der Waals surface area contributed by atoms with E-state index in [4.69, 9.17) is 14.6 Å². The lowest BCUT2D eigenvalue weighted by Gasteiger charge is -2.13. The summed E-state index contributed by atoms with van der Waals surface area (Å²) in [4.78, 5) is 11.6. The molecule has 1 aromatic rings. The summed E-state index contributed by atoms with van der Waals surface area (Å²) < 4.78 is 10.5. The number of rotatable bonds is 6. The highest BCUT2D eigenvalue weighted by atomic mass is 16.5. The highest BCUT2D eigenvalue weighted by Gasteiger charge is 2.10. The Morgan fingerprint density at radius 1 is 1.39 bits per heavy atom. The Balaban J connectivity index is 2.84. The monoisotopic (exact) mass is 253 g/mol. The summed E-state index contributed by atoms with van der Waals surface area (Å²) in [6, 6.07) is 5.13. The summed E-state index contributed by atoms with van der Waals surface area (Å²) in [7, 11) is 1.54. The van der Waals surface area contributed by atoms with Crippen molar-refractivity contribution in [1.82, 2.24) is 0 Å². The topological polar surface area (TPSA) is 67.8 Å². The van der Waals surface area contributed by atoms with E-state index in [-0.39, 0.29) is 25.0 Å². The van der Waals surface area contributed by atoms with Gasteiger partial charge in [-0.25, -0.2) is 0 Å². The van der Waals surface area contributed by atoms with Crippen LogP contribution in [0.3, 0.4) is 0 Å². The number of hydrogen-bond donors (Lipinski definition) is 2. The minimum atomic E-state index is -0.0890. The summed E-state index contributed by atoms with van der Waals surface area (Å²) in [6.45, 7) is 3.74. The van der Waals surface area contributed by atoms with E-state index in [1.807, 2.05) is 13.8 Å². The molecule has 2 N–H and O–H groups in total. The average molecular weight is 253 g/mol. The molecule has 0 heterocycles. The van der Waals surface area contributed by atoms with Crippen molar-refractivity contribution in [2.24, 2.45) is 5.92 Å². The molecule has 0 aliphatic rings. The number of nitrogens with one attached hydrogen (secondary N) is 1. The Bertz CT molecular complexity index is 404. The first-order chi connectivity index (χ1) is 8.58. The van der Waals surface area contributed by atoms with E-state index < -0.39 is 0 Å². The van der Waals surface area contributed by atoms with Gasteiger partial charge in [0.2, 0.25) is 5.91 Å². The third-order valence-corrected chi connectivity index (χ3v) is 2.30. The molecule has 0 aliphatic carbocycles. The molecule has 18 heavy (non-hydrogen) atoms. The number of ether oxygens (including phenoxy) is 2. The first-order valence-corrected chi connectivity index (χ1v) is 5.81. The zero-order valence-corrected chi connectivity index (χ0v) is 10.9. The standard InChI is InChI=1S/C13H19NO4/c1-9(2)13(16)14-10-4-5-11(17-3)12(8-10)18-7-6-15/h4-5,8-9,15H,6-7H2,1-3H3,(H,14,16). The Kier molecular flexibility index (Phi) is 5.45. The molecule has 0 fully saturated rings. The fourth-order valence-electron chi connectivity index (χ4n) is 1.31. The number of aliphatic hydroxyl groups excluding tert-OH is 1. The molecule has 0 unspecified atom stereocenters. The highest BCUT2D eigenvalue weighted by molar-refractivity contribution is 5.92. The van der Waals surface area contributed by atoms with Crippen LogP contribution < -0.4 is 14.8 Å². The van der Waals surface area contributed by atoms with Crippen molar-refractivity contribution in [3.05, 3.63) is 18.2 Å². The van der Waals surface area contributed by atoms with Crippen LogP contribution in [0.1, 0.15) is 13.8 Å². The first-order valence-electron chi connectivity index (χ1n) is 5.81. The smallest absolute Gasteiger partial charge is 0.226 e. The summed E-state index contributed by atoms with van der Waals surface area (Å²) in [5.74, 6) is 0.904. The van der Waals surface area contributed by atoms with Gasteiger partial charge in [0.15, 0.2) is 11.5 Å². The van der Waals surface area contributed by atoms with Gasteiger partial charge in [-0.05, 0) is 12.1 Å². The van der Waals surface area contributed by atoms with E-state index in [0.717, 1.165) is 0 Å². The summed E-state index contributed by atoms with van der Waals surface area (Å²) in [5, 5.41) is 11.5. The van der Waals surface area contributed by atoms with Crippen molar-refractivity contribution in [3.63, 3.8) is 0 Å². The Labute approximate surface area is 107 Å². The predicted molar refractivity (Wildman–Crippen MR) is 69.0 cm³/mol. The highest BCUT2D eigenvalue weighted by Crippen LogP contribution is 2.30. The molecule has 1 aromatic carbocycles. The van der Waals surface area contributed by atoms with Crippen molar-refractivity contribution in [1.29, 1.82) is 0 Å². The number of carbonyl (C=O) groups is 1. The molecular formula is C13H19NO4. The second-order valence-corrected chi connectivity index (χ2v) is 4.08. The Morgan fingerprint density at radius 2 is 2.11 bits per heavy atom. The lowest BCUT2D eigenvalue weighted by atomic mass is 10.2. The van der Waals surface area contributed by atoms with Crippen molar-refractivity contribution in [3.8, 4) is 11.5 Å². The van der Waals surface area contributed by atoms with Crippen LogP contribution in [0, 0.1) is 5.92 Å². The fourth-order valence-corrected chi connectivity index (χ4v) is 1.31. The Morgan fingerprint density at radius 3 is 2.67 bits per heavy atom. The normalized spacial score (nSPS) is 10.3. The molecule has 0 spiro atoms. The third kappa shape index (κ3) is 3.92. The summed E-state index contributed by atoms with van der Waals surface area (Å²) in [6.07, 6.45) is 0. The van der Waals surface area contributed by atoms with Crippen LogP contribution in [0.4, 0.5) is 5.69 Å². The van der Waals surface area contributed by atoms with E-state index in [1.54, 1.807) is 18.2 Å². The molecular weight excluding hydrogens is 234 g/mol. The largest absolute Gasteiger partial charge is 0.493 e. The molecule has 1 rings (SSSR count).